The van der Waals surface area contributed by atoms with Crippen LogP contribution in [0.1, 0.15) is 34.1 Å². The number of aryl methyl sites for hydroxylation is 1. The Balaban J connectivity index is 3.20. The number of rotatable bonds is 3. The molecule has 13 heavy (non-hydrogen) atoms. The second-order valence-corrected chi connectivity index (χ2v) is 4.25. The quantitative estimate of drug-likeness (QED) is 0.776. The van der Waals surface area contributed by atoms with Crippen molar-refractivity contribution in [1.82, 2.24) is 0 Å². The van der Waals surface area contributed by atoms with Crippen molar-refractivity contribution in [3.8, 4) is 0 Å². The maximum Gasteiger partial charge on any atom is 0.251 e. The van der Waals surface area contributed by atoms with Gasteiger partial charge in [-0.15, -0.1) is 11.3 Å². The number of amides is 1. The molecule has 0 aliphatic heterocycles. The van der Waals surface area contributed by atoms with Crippen molar-refractivity contribution >= 4 is 22.2 Å². The van der Waals surface area contributed by atoms with E-state index in [1.54, 1.807) is 0 Å². The summed E-state index contributed by atoms with van der Waals surface area (Å²) in [5, 5.41) is 0.549. The van der Waals surface area contributed by atoms with Crippen molar-refractivity contribution in [2.24, 2.45) is 5.73 Å². The normalized spacial score (nSPS) is 10.3. The van der Waals surface area contributed by atoms with Gasteiger partial charge in [-0.3, -0.25) is 4.79 Å². The molecule has 0 saturated heterocycles. The van der Waals surface area contributed by atoms with Gasteiger partial charge in [0.2, 0.25) is 0 Å². The second-order valence-electron chi connectivity index (χ2n) is 2.99. The summed E-state index contributed by atoms with van der Waals surface area (Å²) >= 11 is 1.44. The number of nitrogen functional groups attached to an aromatic ring is 1. The van der Waals surface area contributed by atoms with Gasteiger partial charge in [0.15, 0.2) is 0 Å². The van der Waals surface area contributed by atoms with Crippen LogP contribution in [0.3, 0.4) is 0 Å². The highest BCUT2D eigenvalue weighted by Crippen LogP contribution is 2.30. The van der Waals surface area contributed by atoms with Gasteiger partial charge in [-0.25, -0.2) is 0 Å². The summed E-state index contributed by atoms with van der Waals surface area (Å²) in [4.78, 5) is 12.2. The third-order valence-corrected chi connectivity index (χ3v) is 2.96. The van der Waals surface area contributed by atoms with Crippen LogP contribution >= 0.6 is 11.3 Å². The summed E-state index contributed by atoms with van der Waals surface area (Å²) in [6, 6.07) is 0. The molecule has 1 aromatic rings. The van der Waals surface area contributed by atoms with Gasteiger partial charge in [-0.1, -0.05) is 13.3 Å². The van der Waals surface area contributed by atoms with Crippen LogP contribution in [0.15, 0.2) is 0 Å². The van der Waals surface area contributed by atoms with Gasteiger partial charge in [0.1, 0.15) is 0 Å². The molecule has 0 aliphatic rings. The van der Waals surface area contributed by atoms with E-state index in [0.717, 1.165) is 23.3 Å². The molecule has 1 rings (SSSR count). The van der Waals surface area contributed by atoms with E-state index in [9.17, 15) is 4.79 Å². The summed E-state index contributed by atoms with van der Waals surface area (Å²) in [6.45, 7) is 4.04. The Morgan fingerprint density at radius 3 is 2.62 bits per heavy atom. The van der Waals surface area contributed by atoms with Crippen LogP contribution in [0.4, 0.5) is 5.00 Å². The van der Waals surface area contributed by atoms with Gasteiger partial charge >= 0.3 is 0 Å². The lowest BCUT2D eigenvalue weighted by Gasteiger charge is -2.00. The average Bonchev–Trinajstić information content (AvgIpc) is 2.27. The van der Waals surface area contributed by atoms with Gasteiger partial charge in [0, 0.05) is 4.88 Å². The SMILES string of the molecule is CCCc1c(C)sc(N)c1C(N)=O. The summed E-state index contributed by atoms with van der Waals surface area (Å²) in [5.41, 5.74) is 12.5. The van der Waals surface area contributed by atoms with Crippen LogP contribution in [-0.2, 0) is 6.42 Å². The van der Waals surface area contributed by atoms with Crippen LogP contribution < -0.4 is 11.5 Å². The predicted octanol–water partition coefficient (Wildman–Crippen LogP) is 1.69. The topological polar surface area (TPSA) is 69.1 Å². The molecule has 0 aliphatic carbocycles. The largest absolute Gasteiger partial charge is 0.390 e. The van der Waals surface area contributed by atoms with E-state index >= 15 is 0 Å². The molecule has 0 saturated carbocycles. The molecule has 72 valence electrons. The molecule has 0 radical (unpaired) electrons. The van der Waals surface area contributed by atoms with Crippen molar-refractivity contribution in [2.75, 3.05) is 5.73 Å². The Labute approximate surface area is 81.7 Å². The number of nitrogens with two attached hydrogens (primary N) is 2. The zero-order chi connectivity index (χ0) is 10.0. The number of thiophene rings is 1. The molecular formula is C9H14N2OS. The van der Waals surface area contributed by atoms with E-state index in [1.807, 2.05) is 6.92 Å². The number of hydrogen-bond donors (Lipinski definition) is 2. The first kappa shape index (κ1) is 10.1. The van der Waals surface area contributed by atoms with E-state index in [-0.39, 0.29) is 0 Å². The fourth-order valence-electron chi connectivity index (χ4n) is 1.42. The minimum absolute atomic E-state index is 0.412. The summed E-state index contributed by atoms with van der Waals surface area (Å²) in [5.74, 6) is -0.412. The highest BCUT2D eigenvalue weighted by atomic mass is 32.1. The monoisotopic (exact) mass is 198 g/mol. The Morgan fingerprint density at radius 1 is 1.54 bits per heavy atom. The maximum atomic E-state index is 11.1. The molecule has 0 atom stereocenters. The number of hydrogen-bond acceptors (Lipinski definition) is 3. The van der Waals surface area contributed by atoms with Crippen molar-refractivity contribution in [3.05, 3.63) is 16.0 Å². The van der Waals surface area contributed by atoms with Crippen molar-refractivity contribution < 1.29 is 4.79 Å². The Morgan fingerprint density at radius 2 is 2.15 bits per heavy atom. The minimum Gasteiger partial charge on any atom is -0.390 e. The molecule has 4 heteroatoms. The third-order valence-electron chi connectivity index (χ3n) is 1.98. The first-order valence-corrected chi connectivity index (χ1v) is 5.07. The minimum atomic E-state index is -0.412. The van der Waals surface area contributed by atoms with Crippen LogP contribution in [0.2, 0.25) is 0 Å². The molecule has 1 amide bonds. The summed E-state index contributed by atoms with van der Waals surface area (Å²) < 4.78 is 0. The van der Waals surface area contributed by atoms with Crippen LogP contribution in [-0.4, -0.2) is 5.91 Å². The predicted molar refractivity (Wildman–Crippen MR) is 56.0 cm³/mol. The fraction of sp³-hybridized carbons (Fsp3) is 0.444. The maximum absolute atomic E-state index is 11.1. The molecule has 0 aromatic carbocycles. The van der Waals surface area contributed by atoms with E-state index in [1.165, 1.54) is 11.3 Å². The van der Waals surface area contributed by atoms with E-state index < -0.39 is 5.91 Å². The zero-order valence-corrected chi connectivity index (χ0v) is 8.70. The van der Waals surface area contributed by atoms with E-state index in [4.69, 9.17) is 11.5 Å². The lowest BCUT2D eigenvalue weighted by atomic mass is 10.1. The lowest BCUT2D eigenvalue weighted by molar-refractivity contribution is 0.100. The van der Waals surface area contributed by atoms with Gasteiger partial charge in [-0.2, -0.15) is 0 Å². The molecule has 4 N–H and O–H groups in total. The van der Waals surface area contributed by atoms with Gasteiger partial charge < -0.3 is 11.5 Å². The first-order valence-electron chi connectivity index (χ1n) is 4.25. The molecule has 3 nitrogen and oxygen atoms in total. The molecular weight excluding hydrogens is 184 g/mol. The summed E-state index contributed by atoms with van der Waals surface area (Å²) in [7, 11) is 0. The number of carbonyl (C=O) groups is 1. The summed E-state index contributed by atoms with van der Waals surface area (Å²) in [6.07, 6.45) is 1.87. The molecule has 0 fully saturated rings. The zero-order valence-electron chi connectivity index (χ0n) is 7.89. The van der Waals surface area contributed by atoms with Crippen molar-refractivity contribution in [2.45, 2.75) is 26.7 Å². The van der Waals surface area contributed by atoms with Crippen molar-refractivity contribution in [3.63, 3.8) is 0 Å². The van der Waals surface area contributed by atoms with E-state index in [0.29, 0.717) is 10.6 Å². The lowest BCUT2D eigenvalue weighted by Crippen LogP contribution is -2.14. The number of carbonyl (C=O) groups excluding carboxylic acids is 1. The third kappa shape index (κ3) is 1.83. The molecule has 0 bridgehead atoms. The van der Waals surface area contributed by atoms with Crippen LogP contribution in [0, 0.1) is 6.92 Å². The molecule has 0 unspecified atom stereocenters. The smallest absolute Gasteiger partial charge is 0.251 e. The first-order chi connectivity index (χ1) is 6.07. The van der Waals surface area contributed by atoms with Crippen LogP contribution in [0.25, 0.3) is 0 Å². The molecule has 1 aromatic heterocycles. The van der Waals surface area contributed by atoms with Gasteiger partial charge in [0.05, 0.1) is 10.6 Å². The van der Waals surface area contributed by atoms with Gasteiger partial charge in [-0.05, 0) is 18.9 Å². The number of primary amides is 1. The Hall–Kier alpha value is -1.03. The molecule has 1 heterocycles. The number of anilines is 1. The fourth-order valence-corrected chi connectivity index (χ4v) is 2.41. The van der Waals surface area contributed by atoms with E-state index in [2.05, 4.69) is 6.92 Å². The van der Waals surface area contributed by atoms with Gasteiger partial charge in [0.25, 0.3) is 5.91 Å². The Bertz CT molecular complexity index is 331. The standard InChI is InChI=1S/C9H14N2OS/c1-3-4-6-5(2)13-9(11)7(6)8(10)12/h3-4,11H2,1-2H3,(H2,10,12). The van der Waals surface area contributed by atoms with Crippen LogP contribution in [0.5, 0.6) is 0 Å². The molecule has 0 spiro atoms. The Kier molecular flexibility index (Phi) is 2.93. The van der Waals surface area contributed by atoms with Crippen molar-refractivity contribution in [1.29, 1.82) is 0 Å². The highest BCUT2D eigenvalue weighted by molar-refractivity contribution is 7.16. The highest BCUT2D eigenvalue weighted by Gasteiger charge is 2.16. The average molecular weight is 198 g/mol. The second kappa shape index (κ2) is 3.79.